The van der Waals surface area contributed by atoms with Crippen LogP contribution < -0.4 is 10.0 Å². The predicted molar refractivity (Wildman–Crippen MR) is 83.4 cm³/mol. The van der Waals surface area contributed by atoms with Crippen molar-refractivity contribution in [3.8, 4) is 0 Å². The fourth-order valence-corrected chi connectivity index (χ4v) is 2.64. The lowest BCUT2D eigenvalue weighted by Crippen LogP contribution is -2.25. The molecule has 0 saturated heterocycles. The van der Waals surface area contributed by atoms with Crippen molar-refractivity contribution in [2.24, 2.45) is 0 Å². The van der Waals surface area contributed by atoms with E-state index < -0.39 is 16.1 Å². The van der Waals surface area contributed by atoms with Gasteiger partial charge in [-0.2, -0.15) is 0 Å². The second-order valence-electron chi connectivity index (χ2n) is 4.81. The number of methoxy groups -OCH3 is 1. The van der Waals surface area contributed by atoms with Crippen molar-refractivity contribution in [1.82, 2.24) is 4.72 Å². The van der Waals surface area contributed by atoms with Gasteiger partial charge in [-0.05, 0) is 44.5 Å². The molecular formula is C14H22N2O5S. The second kappa shape index (κ2) is 8.72. The van der Waals surface area contributed by atoms with Crippen LogP contribution >= 0.6 is 0 Å². The van der Waals surface area contributed by atoms with Gasteiger partial charge in [0.05, 0.1) is 18.1 Å². The predicted octanol–water partition coefficient (Wildman–Crippen LogP) is 1.96. The quantitative estimate of drug-likeness (QED) is 0.711. The van der Waals surface area contributed by atoms with E-state index in [9.17, 15) is 13.2 Å². The zero-order chi connectivity index (χ0) is 16.6. The fraction of sp³-hybridized carbons (Fsp3) is 0.500. The number of sulfonamides is 1. The molecule has 0 aliphatic rings. The van der Waals surface area contributed by atoms with Gasteiger partial charge >= 0.3 is 6.09 Å². The number of hydrogen-bond acceptors (Lipinski definition) is 5. The van der Waals surface area contributed by atoms with E-state index in [-0.39, 0.29) is 11.0 Å². The number of rotatable bonds is 8. The normalized spacial score (nSPS) is 11.5. The van der Waals surface area contributed by atoms with Crippen molar-refractivity contribution < 1.29 is 22.7 Å². The minimum absolute atomic E-state index is 0.131. The molecule has 8 heteroatoms. The molecule has 0 fully saturated rings. The Labute approximate surface area is 131 Å². The number of anilines is 1. The molecule has 0 unspecified atom stereocenters. The van der Waals surface area contributed by atoms with Gasteiger partial charge in [0, 0.05) is 18.8 Å². The van der Waals surface area contributed by atoms with Crippen LogP contribution in [0, 0.1) is 0 Å². The van der Waals surface area contributed by atoms with Crippen LogP contribution in [-0.4, -0.2) is 40.9 Å². The van der Waals surface area contributed by atoms with E-state index in [1.54, 1.807) is 0 Å². The monoisotopic (exact) mass is 330 g/mol. The van der Waals surface area contributed by atoms with E-state index in [1.165, 1.54) is 31.4 Å². The average Bonchev–Trinajstić information content (AvgIpc) is 2.47. The lowest BCUT2D eigenvalue weighted by atomic mass is 10.3. The topological polar surface area (TPSA) is 93.7 Å². The van der Waals surface area contributed by atoms with E-state index in [0.717, 1.165) is 0 Å². The van der Waals surface area contributed by atoms with Gasteiger partial charge < -0.3 is 9.47 Å². The van der Waals surface area contributed by atoms with Crippen LogP contribution in [0.25, 0.3) is 0 Å². The Kier molecular flexibility index (Phi) is 7.30. The molecule has 7 nitrogen and oxygen atoms in total. The van der Waals surface area contributed by atoms with E-state index in [0.29, 0.717) is 25.3 Å². The van der Waals surface area contributed by atoms with E-state index >= 15 is 0 Å². The van der Waals surface area contributed by atoms with Crippen LogP contribution in [0.5, 0.6) is 0 Å². The number of carbonyl (C=O) groups is 1. The van der Waals surface area contributed by atoms with Gasteiger partial charge in [0.15, 0.2) is 0 Å². The number of amides is 1. The summed E-state index contributed by atoms with van der Waals surface area (Å²) in [5, 5.41) is 2.45. The highest BCUT2D eigenvalue weighted by molar-refractivity contribution is 7.89. The van der Waals surface area contributed by atoms with Crippen LogP contribution in [-0.2, 0) is 19.5 Å². The average molecular weight is 330 g/mol. The van der Waals surface area contributed by atoms with Crippen LogP contribution in [0.3, 0.4) is 0 Å². The number of hydrogen-bond donors (Lipinski definition) is 2. The Morgan fingerprint density at radius 3 is 2.41 bits per heavy atom. The largest absolute Gasteiger partial charge is 0.453 e. The summed E-state index contributed by atoms with van der Waals surface area (Å²) < 4.78 is 36.4. The Morgan fingerprint density at radius 1 is 1.23 bits per heavy atom. The summed E-state index contributed by atoms with van der Waals surface area (Å²) >= 11 is 0. The molecule has 0 atom stereocenters. The molecule has 0 heterocycles. The third-order valence-corrected chi connectivity index (χ3v) is 4.14. The Balaban J connectivity index is 2.52. The molecule has 0 aliphatic heterocycles. The van der Waals surface area contributed by atoms with Crippen molar-refractivity contribution in [3.63, 3.8) is 0 Å². The molecular weight excluding hydrogens is 308 g/mol. The molecule has 1 aromatic carbocycles. The molecule has 0 bridgehead atoms. The number of carbonyl (C=O) groups excluding carboxylic acids is 1. The first kappa shape index (κ1) is 18.4. The van der Waals surface area contributed by atoms with Crippen molar-refractivity contribution in [3.05, 3.63) is 24.3 Å². The van der Waals surface area contributed by atoms with Crippen molar-refractivity contribution in [2.75, 3.05) is 25.6 Å². The molecule has 22 heavy (non-hydrogen) atoms. The van der Waals surface area contributed by atoms with Crippen LogP contribution in [0.1, 0.15) is 20.3 Å². The SMILES string of the molecule is COC(=O)Nc1ccc(S(=O)(=O)NCCCOC(C)C)cc1. The molecule has 0 saturated carbocycles. The summed E-state index contributed by atoms with van der Waals surface area (Å²) in [6.07, 6.45) is 0.115. The molecule has 0 aromatic heterocycles. The molecule has 0 spiro atoms. The summed E-state index contributed by atoms with van der Waals surface area (Å²) in [6.45, 7) is 4.65. The maximum atomic E-state index is 12.1. The molecule has 1 aromatic rings. The Morgan fingerprint density at radius 2 is 1.86 bits per heavy atom. The lowest BCUT2D eigenvalue weighted by molar-refractivity contribution is 0.0778. The zero-order valence-electron chi connectivity index (χ0n) is 13.0. The molecule has 124 valence electrons. The summed E-state index contributed by atoms with van der Waals surface area (Å²) in [5.74, 6) is 0. The van der Waals surface area contributed by atoms with Gasteiger partial charge in [-0.15, -0.1) is 0 Å². The smallest absolute Gasteiger partial charge is 0.411 e. The molecule has 1 amide bonds. The van der Waals surface area contributed by atoms with Gasteiger partial charge in [0.25, 0.3) is 0 Å². The summed E-state index contributed by atoms with van der Waals surface area (Å²) in [7, 11) is -2.31. The first-order valence-electron chi connectivity index (χ1n) is 6.91. The summed E-state index contributed by atoms with van der Waals surface area (Å²) in [6, 6.07) is 5.82. The fourth-order valence-electron chi connectivity index (χ4n) is 1.57. The number of nitrogens with one attached hydrogen (secondary N) is 2. The molecule has 0 aliphatic carbocycles. The first-order valence-corrected chi connectivity index (χ1v) is 8.40. The van der Waals surface area contributed by atoms with Gasteiger partial charge in [-0.1, -0.05) is 0 Å². The highest BCUT2D eigenvalue weighted by Gasteiger charge is 2.13. The number of benzene rings is 1. The zero-order valence-corrected chi connectivity index (χ0v) is 13.8. The minimum Gasteiger partial charge on any atom is -0.453 e. The maximum Gasteiger partial charge on any atom is 0.411 e. The Bertz CT molecular complexity index is 569. The van der Waals surface area contributed by atoms with Crippen molar-refractivity contribution >= 4 is 21.8 Å². The Hall–Kier alpha value is -1.64. The van der Waals surface area contributed by atoms with E-state index in [2.05, 4.69) is 14.8 Å². The lowest BCUT2D eigenvalue weighted by Gasteiger charge is -2.09. The highest BCUT2D eigenvalue weighted by Crippen LogP contribution is 2.14. The third kappa shape index (κ3) is 6.42. The van der Waals surface area contributed by atoms with E-state index in [4.69, 9.17) is 4.74 Å². The maximum absolute atomic E-state index is 12.1. The van der Waals surface area contributed by atoms with Crippen LogP contribution in [0.15, 0.2) is 29.2 Å². The van der Waals surface area contributed by atoms with E-state index in [1.807, 2.05) is 13.8 Å². The van der Waals surface area contributed by atoms with Gasteiger partial charge in [0.1, 0.15) is 0 Å². The summed E-state index contributed by atoms with van der Waals surface area (Å²) in [4.78, 5) is 11.2. The highest BCUT2D eigenvalue weighted by atomic mass is 32.2. The van der Waals surface area contributed by atoms with Crippen molar-refractivity contribution in [2.45, 2.75) is 31.3 Å². The number of ether oxygens (including phenoxy) is 2. The molecule has 1 rings (SSSR count). The van der Waals surface area contributed by atoms with Gasteiger partial charge in [-0.25, -0.2) is 17.9 Å². The van der Waals surface area contributed by atoms with Crippen molar-refractivity contribution in [1.29, 1.82) is 0 Å². The summed E-state index contributed by atoms with van der Waals surface area (Å²) in [5.41, 5.74) is 0.455. The van der Waals surface area contributed by atoms with Crippen LogP contribution in [0.4, 0.5) is 10.5 Å². The molecule has 2 N–H and O–H groups in total. The van der Waals surface area contributed by atoms with Gasteiger partial charge in [0.2, 0.25) is 10.0 Å². The van der Waals surface area contributed by atoms with Gasteiger partial charge in [-0.3, -0.25) is 5.32 Å². The minimum atomic E-state index is -3.56. The first-order chi connectivity index (χ1) is 10.3. The second-order valence-corrected chi connectivity index (χ2v) is 6.58. The van der Waals surface area contributed by atoms with Crippen LogP contribution in [0.2, 0.25) is 0 Å². The molecule has 0 radical (unpaired) electrons. The standard InChI is InChI=1S/C14H22N2O5S/c1-11(2)21-10-4-9-15-22(18,19)13-7-5-12(6-8-13)16-14(17)20-3/h5-8,11,15H,4,9-10H2,1-3H3,(H,16,17). The third-order valence-electron chi connectivity index (χ3n) is 2.66.